The molecule has 4 rings (SSSR count). The number of ether oxygens (including phenoxy) is 1. The Hall–Kier alpha value is -2.81. The van der Waals surface area contributed by atoms with E-state index in [4.69, 9.17) is 16.3 Å². The predicted molar refractivity (Wildman–Crippen MR) is 142 cm³/mol. The quantitative estimate of drug-likeness (QED) is 0.252. The van der Waals surface area contributed by atoms with Crippen molar-refractivity contribution in [3.8, 4) is 5.75 Å². The van der Waals surface area contributed by atoms with E-state index in [1.165, 1.54) is 12.1 Å². The van der Waals surface area contributed by atoms with Crippen LogP contribution in [0.5, 0.6) is 5.75 Å². The fourth-order valence-corrected chi connectivity index (χ4v) is 5.61. The number of aromatic nitrogens is 1. The highest BCUT2D eigenvalue weighted by molar-refractivity contribution is 9.10. The highest BCUT2D eigenvalue weighted by atomic mass is 79.9. The number of rotatable bonds is 8. The summed E-state index contributed by atoms with van der Waals surface area (Å²) in [5, 5.41) is 1.16. The van der Waals surface area contributed by atoms with Gasteiger partial charge >= 0.3 is 0 Å². The number of fused-ring (bicyclic) bond motifs is 1. The number of sulfonamides is 1. The van der Waals surface area contributed by atoms with Gasteiger partial charge in [0, 0.05) is 21.4 Å². The molecule has 4 aromatic rings. The Morgan fingerprint density at radius 3 is 2.57 bits per heavy atom. The maximum absolute atomic E-state index is 13.2. The van der Waals surface area contributed by atoms with Crippen molar-refractivity contribution in [3.05, 3.63) is 93.0 Å². The zero-order valence-electron chi connectivity index (χ0n) is 19.2. The molecule has 1 amide bonds. The van der Waals surface area contributed by atoms with Crippen molar-refractivity contribution in [2.45, 2.75) is 31.7 Å². The van der Waals surface area contributed by atoms with Gasteiger partial charge in [0.05, 0.1) is 17.0 Å². The van der Waals surface area contributed by atoms with Crippen LogP contribution in [0.2, 0.25) is 5.02 Å². The minimum absolute atomic E-state index is 0.0113. The van der Waals surface area contributed by atoms with Gasteiger partial charge in [-0.25, -0.2) is 13.1 Å². The lowest BCUT2D eigenvalue weighted by molar-refractivity contribution is 0.0972. The molecular weight excluding hydrogens is 552 g/mol. The SMILES string of the molecule is Cc1cccc(OCCCn2c(C(=O)NS(=O)(=O)c3cccc(Br)c3)cc3c(Cl)cccc32)c1C. The van der Waals surface area contributed by atoms with Gasteiger partial charge in [-0.3, -0.25) is 4.79 Å². The lowest BCUT2D eigenvalue weighted by Crippen LogP contribution is -2.32. The van der Waals surface area contributed by atoms with E-state index >= 15 is 0 Å². The minimum Gasteiger partial charge on any atom is -0.493 e. The predicted octanol–water partition coefficient (Wildman–Crippen LogP) is 6.26. The number of aryl methyl sites for hydroxylation is 2. The third-order valence-corrected chi connectivity index (χ3v) is 7.95. The van der Waals surface area contributed by atoms with Gasteiger partial charge in [0.2, 0.25) is 0 Å². The molecule has 0 saturated carbocycles. The summed E-state index contributed by atoms with van der Waals surface area (Å²) in [5.41, 5.74) is 3.19. The highest BCUT2D eigenvalue weighted by Crippen LogP contribution is 2.28. The molecule has 35 heavy (non-hydrogen) atoms. The largest absolute Gasteiger partial charge is 0.493 e. The van der Waals surface area contributed by atoms with Gasteiger partial charge in [-0.1, -0.05) is 51.8 Å². The summed E-state index contributed by atoms with van der Waals surface area (Å²) in [6.07, 6.45) is 0.600. The van der Waals surface area contributed by atoms with Crippen molar-refractivity contribution < 1.29 is 17.9 Å². The van der Waals surface area contributed by atoms with Crippen molar-refractivity contribution in [2.75, 3.05) is 6.61 Å². The molecule has 1 N–H and O–H groups in total. The Bertz CT molecular complexity index is 1520. The van der Waals surface area contributed by atoms with Crippen LogP contribution in [-0.4, -0.2) is 25.5 Å². The van der Waals surface area contributed by atoms with E-state index in [1.54, 1.807) is 34.9 Å². The fraction of sp³-hybridized carbons (Fsp3) is 0.192. The standard InChI is InChI=1S/C26H24BrClN2O4S/c1-17-7-3-12-25(18(17)2)34-14-6-13-30-23-11-5-10-22(28)21(23)16-24(30)26(31)29-35(32,33)20-9-4-8-19(27)15-20/h3-5,7-12,15-16H,6,13-14H2,1-2H3,(H,29,31). The number of carbonyl (C=O) groups excluding carboxylic acids is 1. The Kier molecular flexibility index (Phi) is 7.54. The van der Waals surface area contributed by atoms with Crippen LogP contribution < -0.4 is 9.46 Å². The summed E-state index contributed by atoms with van der Waals surface area (Å²) >= 11 is 9.64. The van der Waals surface area contributed by atoms with Gasteiger partial charge in [0.1, 0.15) is 11.4 Å². The number of amides is 1. The van der Waals surface area contributed by atoms with E-state index in [9.17, 15) is 13.2 Å². The molecule has 1 aromatic heterocycles. The van der Waals surface area contributed by atoms with E-state index < -0.39 is 15.9 Å². The minimum atomic E-state index is -4.07. The number of halogens is 2. The van der Waals surface area contributed by atoms with Crippen molar-refractivity contribution in [1.29, 1.82) is 0 Å². The second kappa shape index (κ2) is 10.4. The molecule has 6 nitrogen and oxygen atoms in total. The summed E-state index contributed by atoms with van der Waals surface area (Å²) in [4.78, 5) is 13.1. The van der Waals surface area contributed by atoms with Crippen molar-refractivity contribution >= 4 is 54.4 Å². The van der Waals surface area contributed by atoms with Gasteiger partial charge < -0.3 is 9.30 Å². The number of nitrogens with zero attached hydrogens (tertiary/aromatic N) is 1. The molecule has 0 bridgehead atoms. The topological polar surface area (TPSA) is 77.4 Å². The number of hydrogen-bond donors (Lipinski definition) is 1. The van der Waals surface area contributed by atoms with Crippen LogP contribution in [0.25, 0.3) is 10.9 Å². The third-order valence-electron chi connectivity index (χ3n) is 5.80. The molecule has 0 unspecified atom stereocenters. The Labute approximate surface area is 218 Å². The molecule has 0 atom stereocenters. The van der Waals surface area contributed by atoms with Crippen LogP contribution in [0.4, 0.5) is 0 Å². The van der Waals surface area contributed by atoms with Crippen molar-refractivity contribution in [3.63, 3.8) is 0 Å². The van der Waals surface area contributed by atoms with Crippen LogP contribution in [0, 0.1) is 13.8 Å². The van der Waals surface area contributed by atoms with E-state index in [1.807, 2.05) is 38.1 Å². The first kappa shape index (κ1) is 25.3. The molecule has 9 heteroatoms. The first-order chi connectivity index (χ1) is 16.7. The van der Waals surface area contributed by atoms with E-state index in [0.29, 0.717) is 34.5 Å². The Morgan fingerprint density at radius 1 is 1.06 bits per heavy atom. The summed E-state index contributed by atoms with van der Waals surface area (Å²) in [5.74, 6) is 0.0937. The Morgan fingerprint density at radius 2 is 1.80 bits per heavy atom. The van der Waals surface area contributed by atoms with Gasteiger partial charge in [-0.2, -0.15) is 0 Å². The number of carbonyl (C=O) groups is 1. The second-order valence-corrected chi connectivity index (χ2v) is 11.2. The van der Waals surface area contributed by atoms with Gasteiger partial charge in [-0.15, -0.1) is 0 Å². The molecule has 0 aliphatic heterocycles. The van der Waals surface area contributed by atoms with Crippen LogP contribution in [0.1, 0.15) is 28.0 Å². The molecule has 0 aliphatic carbocycles. The molecule has 0 spiro atoms. The molecule has 0 aliphatic rings. The summed E-state index contributed by atoms with van der Waals surface area (Å²) < 4.78 is 36.2. The average molecular weight is 576 g/mol. The summed E-state index contributed by atoms with van der Waals surface area (Å²) in [6, 6.07) is 19.1. The van der Waals surface area contributed by atoms with Crippen LogP contribution in [-0.2, 0) is 16.6 Å². The lowest BCUT2D eigenvalue weighted by Gasteiger charge is -2.14. The number of nitrogens with one attached hydrogen (secondary N) is 1. The normalized spacial score (nSPS) is 11.5. The van der Waals surface area contributed by atoms with Crippen LogP contribution in [0.3, 0.4) is 0 Å². The summed E-state index contributed by atoms with van der Waals surface area (Å²) in [6.45, 7) is 4.92. The van der Waals surface area contributed by atoms with Crippen LogP contribution >= 0.6 is 27.5 Å². The molecule has 182 valence electrons. The van der Waals surface area contributed by atoms with E-state index in [-0.39, 0.29) is 10.6 Å². The summed E-state index contributed by atoms with van der Waals surface area (Å²) in [7, 11) is -4.07. The third kappa shape index (κ3) is 5.55. The lowest BCUT2D eigenvalue weighted by atomic mass is 10.1. The zero-order chi connectivity index (χ0) is 25.2. The molecule has 1 heterocycles. The maximum Gasteiger partial charge on any atom is 0.281 e. The number of benzene rings is 3. The van der Waals surface area contributed by atoms with Gasteiger partial charge in [0.15, 0.2) is 0 Å². The maximum atomic E-state index is 13.2. The molecular formula is C26H24BrClN2O4S. The van der Waals surface area contributed by atoms with Gasteiger partial charge in [0.25, 0.3) is 15.9 Å². The smallest absolute Gasteiger partial charge is 0.281 e. The van der Waals surface area contributed by atoms with Crippen LogP contribution in [0.15, 0.2) is 76.1 Å². The molecule has 0 radical (unpaired) electrons. The van der Waals surface area contributed by atoms with E-state index in [2.05, 4.69) is 20.7 Å². The number of hydrogen-bond acceptors (Lipinski definition) is 4. The monoisotopic (exact) mass is 574 g/mol. The fourth-order valence-electron chi connectivity index (χ4n) is 3.83. The molecule has 3 aromatic carbocycles. The van der Waals surface area contributed by atoms with Crippen molar-refractivity contribution in [1.82, 2.24) is 9.29 Å². The second-order valence-electron chi connectivity index (χ2n) is 8.15. The molecule has 0 fully saturated rings. The van der Waals surface area contributed by atoms with Crippen molar-refractivity contribution in [2.24, 2.45) is 0 Å². The van der Waals surface area contributed by atoms with Gasteiger partial charge in [-0.05, 0) is 73.9 Å². The highest BCUT2D eigenvalue weighted by Gasteiger charge is 2.23. The average Bonchev–Trinajstić information content (AvgIpc) is 3.19. The first-order valence-corrected chi connectivity index (χ1v) is 13.6. The van der Waals surface area contributed by atoms with E-state index in [0.717, 1.165) is 22.4 Å². The molecule has 0 saturated heterocycles. The Balaban J connectivity index is 1.57. The zero-order valence-corrected chi connectivity index (χ0v) is 22.4. The first-order valence-electron chi connectivity index (χ1n) is 11.0.